The van der Waals surface area contributed by atoms with Crippen LogP contribution in [0, 0.1) is 6.92 Å². The molecule has 1 atom stereocenters. The van der Waals surface area contributed by atoms with Gasteiger partial charge in [-0.05, 0) is 43.5 Å². The molecule has 134 valence electrons. The van der Waals surface area contributed by atoms with Crippen LogP contribution in [0.5, 0.6) is 0 Å². The topological polar surface area (TPSA) is 62.7 Å². The van der Waals surface area contributed by atoms with Gasteiger partial charge in [0, 0.05) is 36.6 Å². The first-order valence-electron chi connectivity index (χ1n) is 9.00. The van der Waals surface area contributed by atoms with Gasteiger partial charge in [0.2, 0.25) is 5.95 Å². The third-order valence-electron chi connectivity index (χ3n) is 4.39. The molecule has 0 spiro atoms. The van der Waals surface area contributed by atoms with Gasteiger partial charge in [-0.2, -0.15) is 4.98 Å². The zero-order valence-corrected chi connectivity index (χ0v) is 15.5. The van der Waals surface area contributed by atoms with Crippen LogP contribution in [0.2, 0.25) is 0 Å². The van der Waals surface area contributed by atoms with E-state index in [-0.39, 0.29) is 0 Å². The normalized spacial score (nSPS) is 11.8. The molecule has 2 aromatic heterocycles. The number of pyridine rings is 1. The van der Waals surface area contributed by atoms with Crippen molar-refractivity contribution < 1.29 is 0 Å². The lowest BCUT2D eigenvalue weighted by Gasteiger charge is -2.15. The van der Waals surface area contributed by atoms with E-state index < -0.39 is 0 Å². The van der Waals surface area contributed by atoms with Crippen molar-refractivity contribution >= 4 is 11.8 Å². The summed E-state index contributed by atoms with van der Waals surface area (Å²) in [5.41, 5.74) is 4.34. The van der Waals surface area contributed by atoms with E-state index in [0.29, 0.717) is 12.0 Å². The van der Waals surface area contributed by atoms with E-state index in [1.807, 2.05) is 24.4 Å². The first kappa shape index (κ1) is 17.9. The molecule has 5 heteroatoms. The molecule has 1 aromatic carbocycles. The SMILES string of the molecule is CC[C@H](C)Nc1nc(NCc2ccccc2C)cc(-c2cccnc2)n1. The van der Waals surface area contributed by atoms with Crippen molar-refractivity contribution in [3.05, 3.63) is 66.0 Å². The van der Waals surface area contributed by atoms with Crippen molar-refractivity contribution in [2.45, 2.75) is 39.8 Å². The molecule has 3 aromatic rings. The van der Waals surface area contributed by atoms with Crippen LogP contribution in [0.25, 0.3) is 11.3 Å². The van der Waals surface area contributed by atoms with Gasteiger partial charge < -0.3 is 10.6 Å². The predicted octanol–water partition coefficient (Wildman–Crippen LogP) is 4.67. The number of hydrogen-bond donors (Lipinski definition) is 2. The minimum Gasteiger partial charge on any atom is -0.366 e. The molecule has 0 radical (unpaired) electrons. The second-order valence-corrected chi connectivity index (χ2v) is 6.44. The van der Waals surface area contributed by atoms with Gasteiger partial charge in [-0.3, -0.25) is 4.98 Å². The van der Waals surface area contributed by atoms with E-state index in [9.17, 15) is 0 Å². The van der Waals surface area contributed by atoms with Gasteiger partial charge in [-0.1, -0.05) is 31.2 Å². The smallest absolute Gasteiger partial charge is 0.225 e. The minimum absolute atomic E-state index is 0.309. The molecule has 0 saturated heterocycles. The Morgan fingerprint density at radius 1 is 1.08 bits per heavy atom. The fourth-order valence-electron chi connectivity index (χ4n) is 2.58. The van der Waals surface area contributed by atoms with Crippen molar-refractivity contribution in [2.24, 2.45) is 0 Å². The van der Waals surface area contributed by atoms with Crippen molar-refractivity contribution in [3.63, 3.8) is 0 Å². The van der Waals surface area contributed by atoms with E-state index in [4.69, 9.17) is 0 Å². The van der Waals surface area contributed by atoms with E-state index in [0.717, 1.165) is 30.0 Å². The molecule has 5 nitrogen and oxygen atoms in total. The Hall–Kier alpha value is -2.95. The fourth-order valence-corrected chi connectivity index (χ4v) is 2.58. The summed E-state index contributed by atoms with van der Waals surface area (Å²) in [5, 5.41) is 6.80. The van der Waals surface area contributed by atoms with Crippen LogP contribution in [-0.2, 0) is 6.54 Å². The number of anilines is 2. The highest BCUT2D eigenvalue weighted by Crippen LogP contribution is 2.22. The zero-order chi connectivity index (χ0) is 18.4. The average molecular weight is 347 g/mol. The number of aryl methyl sites for hydroxylation is 1. The van der Waals surface area contributed by atoms with Crippen LogP contribution >= 0.6 is 0 Å². The van der Waals surface area contributed by atoms with Crippen molar-refractivity contribution in [3.8, 4) is 11.3 Å². The van der Waals surface area contributed by atoms with Crippen LogP contribution < -0.4 is 10.6 Å². The van der Waals surface area contributed by atoms with Crippen LogP contribution in [0.15, 0.2) is 54.9 Å². The molecule has 2 heterocycles. The molecule has 0 unspecified atom stereocenters. The summed E-state index contributed by atoms with van der Waals surface area (Å²) in [4.78, 5) is 13.5. The highest BCUT2D eigenvalue weighted by molar-refractivity contribution is 5.63. The Morgan fingerprint density at radius 3 is 2.65 bits per heavy atom. The highest BCUT2D eigenvalue weighted by atomic mass is 15.2. The Bertz CT molecular complexity index is 848. The van der Waals surface area contributed by atoms with E-state index in [2.05, 4.69) is 70.6 Å². The first-order chi connectivity index (χ1) is 12.7. The van der Waals surface area contributed by atoms with E-state index >= 15 is 0 Å². The Labute approximate surface area is 154 Å². The molecule has 26 heavy (non-hydrogen) atoms. The molecule has 0 aliphatic carbocycles. The number of benzene rings is 1. The van der Waals surface area contributed by atoms with Gasteiger partial charge >= 0.3 is 0 Å². The molecular formula is C21H25N5. The molecule has 0 amide bonds. The molecule has 0 saturated carbocycles. The molecule has 0 fully saturated rings. The maximum Gasteiger partial charge on any atom is 0.225 e. The summed E-state index contributed by atoms with van der Waals surface area (Å²) in [6, 6.07) is 14.6. The quantitative estimate of drug-likeness (QED) is 0.650. The molecular weight excluding hydrogens is 322 g/mol. The maximum absolute atomic E-state index is 4.66. The van der Waals surface area contributed by atoms with Gasteiger partial charge in [0.1, 0.15) is 5.82 Å². The summed E-state index contributed by atoms with van der Waals surface area (Å²) in [6.07, 6.45) is 4.59. The monoisotopic (exact) mass is 347 g/mol. The first-order valence-corrected chi connectivity index (χ1v) is 9.00. The molecule has 0 aliphatic heterocycles. The standard InChI is InChI=1S/C21H25N5/c1-4-16(3)24-21-25-19(18-10-7-11-22-13-18)12-20(26-21)23-14-17-9-6-5-8-15(17)2/h5-13,16H,4,14H2,1-3H3,(H2,23,24,25,26)/t16-/m0/s1. The van der Waals surface area contributed by atoms with E-state index in [1.165, 1.54) is 11.1 Å². The highest BCUT2D eigenvalue weighted by Gasteiger charge is 2.09. The second-order valence-electron chi connectivity index (χ2n) is 6.44. The van der Waals surface area contributed by atoms with Gasteiger partial charge in [-0.25, -0.2) is 4.98 Å². The molecule has 0 bridgehead atoms. The number of hydrogen-bond acceptors (Lipinski definition) is 5. The predicted molar refractivity (Wildman–Crippen MR) is 107 cm³/mol. The van der Waals surface area contributed by atoms with Crippen LogP contribution in [-0.4, -0.2) is 21.0 Å². The summed E-state index contributed by atoms with van der Waals surface area (Å²) >= 11 is 0. The lowest BCUT2D eigenvalue weighted by molar-refractivity contribution is 0.753. The lowest BCUT2D eigenvalue weighted by Crippen LogP contribution is -2.16. The Morgan fingerprint density at radius 2 is 1.92 bits per heavy atom. The minimum atomic E-state index is 0.309. The van der Waals surface area contributed by atoms with Gasteiger partial charge in [-0.15, -0.1) is 0 Å². The van der Waals surface area contributed by atoms with Gasteiger partial charge in [0.25, 0.3) is 0 Å². The van der Waals surface area contributed by atoms with Crippen LogP contribution in [0.1, 0.15) is 31.4 Å². The van der Waals surface area contributed by atoms with E-state index in [1.54, 1.807) is 6.20 Å². The summed E-state index contributed by atoms with van der Waals surface area (Å²) in [6.45, 7) is 7.10. The van der Waals surface area contributed by atoms with Gasteiger partial charge in [0.05, 0.1) is 5.69 Å². The zero-order valence-electron chi connectivity index (χ0n) is 15.5. The largest absolute Gasteiger partial charge is 0.366 e. The number of nitrogens with zero attached hydrogens (tertiary/aromatic N) is 3. The summed E-state index contributed by atoms with van der Waals surface area (Å²) in [5.74, 6) is 1.43. The maximum atomic E-state index is 4.66. The molecule has 3 rings (SSSR count). The van der Waals surface area contributed by atoms with Crippen molar-refractivity contribution in [1.82, 2.24) is 15.0 Å². The van der Waals surface area contributed by atoms with Gasteiger partial charge in [0.15, 0.2) is 0 Å². The van der Waals surface area contributed by atoms with Crippen molar-refractivity contribution in [1.29, 1.82) is 0 Å². The van der Waals surface area contributed by atoms with Crippen LogP contribution in [0.3, 0.4) is 0 Å². The number of rotatable bonds is 7. The Kier molecular flexibility index (Phi) is 5.79. The molecule has 2 N–H and O–H groups in total. The van der Waals surface area contributed by atoms with Crippen molar-refractivity contribution in [2.75, 3.05) is 10.6 Å². The lowest BCUT2D eigenvalue weighted by atomic mass is 10.1. The number of aromatic nitrogens is 3. The fraction of sp³-hybridized carbons (Fsp3) is 0.286. The summed E-state index contributed by atoms with van der Waals surface area (Å²) in [7, 11) is 0. The second kappa shape index (κ2) is 8.43. The number of nitrogens with one attached hydrogen (secondary N) is 2. The third-order valence-corrected chi connectivity index (χ3v) is 4.39. The Balaban J connectivity index is 1.88. The van der Waals surface area contributed by atoms with Crippen LogP contribution in [0.4, 0.5) is 11.8 Å². The summed E-state index contributed by atoms with van der Waals surface area (Å²) < 4.78 is 0. The average Bonchev–Trinajstić information content (AvgIpc) is 2.68. The third kappa shape index (κ3) is 4.57. The molecule has 0 aliphatic rings.